The second-order valence-electron chi connectivity index (χ2n) is 4.50. The molecule has 0 bridgehead atoms. The first-order valence-electron chi connectivity index (χ1n) is 6.13. The van der Waals surface area contributed by atoms with Gasteiger partial charge in [-0.3, -0.25) is 4.79 Å². The Balaban J connectivity index is 2.24. The van der Waals surface area contributed by atoms with E-state index in [0.29, 0.717) is 15.6 Å². The van der Waals surface area contributed by atoms with E-state index < -0.39 is 0 Å². The maximum Gasteiger partial charge on any atom is 0.167 e. The van der Waals surface area contributed by atoms with Crippen LogP contribution in [0.1, 0.15) is 21.5 Å². The molecule has 0 aliphatic rings. The van der Waals surface area contributed by atoms with Crippen LogP contribution < -0.4 is 4.74 Å². The first kappa shape index (κ1) is 14.9. The van der Waals surface area contributed by atoms with Gasteiger partial charge in [0.15, 0.2) is 5.78 Å². The quantitative estimate of drug-likeness (QED) is 0.763. The molecule has 0 atom stereocenters. The highest BCUT2D eigenvalue weighted by atomic mass is 35.5. The Morgan fingerprint density at radius 3 is 2.60 bits per heavy atom. The number of rotatable bonds is 4. The lowest BCUT2D eigenvalue weighted by Crippen LogP contribution is -2.05. The zero-order chi connectivity index (χ0) is 14.7. The van der Waals surface area contributed by atoms with Crippen molar-refractivity contribution < 1.29 is 9.53 Å². The summed E-state index contributed by atoms with van der Waals surface area (Å²) in [6.45, 7) is 1.90. The van der Waals surface area contributed by atoms with Crippen LogP contribution in [0, 0.1) is 6.92 Å². The van der Waals surface area contributed by atoms with Gasteiger partial charge in [-0.05, 0) is 42.3 Å². The molecule has 0 saturated heterocycles. The molecule has 0 aromatic heterocycles. The first-order chi connectivity index (χ1) is 9.52. The summed E-state index contributed by atoms with van der Waals surface area (Å²) in [6.07, 6.45) is 0.227. The van der Waals surface area contributed by atoms with Crippen LogP contribution in [-0.4, -0.2) is 12.9 Å². The van der Waals surface area contributed by atoms with Crippen LogP contribution in [0.25, 0.3) is 0 Å². The number of halogens is 2. The van der Waals surface area contributed by atoms with Gasteiger partial charge < -0.3 is 4.74 Å². The molecule has 0 N–H and O–H groups in total. The lowest BCUT2D eigenvalue weighted by Gasteiger charge is -2.08. The summed E-state index contributed by atoms with van der Waals surface area (Å²) in [5.41, 5.74) is 2.30. The number of carbonyl (C=O) groups is 1. The van der Waals surface area contributed by atoms with Gasteiger partial charge in [-0.25, -0.2) is 0 Å². The van der Waals surface area contributed by atoms with E-state index in [1.165, 1.54) is 0 Å². The van der Waals surface area contributed by atoms with Crippen LogP contribution in [0.2, 0.25) is 10.0 Å². The third kappa shape index (κ3) is 3.14. The second kappa shape index (κ2) is 6.29. The maximum absolute atomic E-state index is 12.3. The lowest BCUT2D eigenvalue weighted by atomic mass is 10.0. The topological polar surface area (TPSA) is 26.3 Å². The predicted octanol–water partition coefficient (Wildman–Crippen LogP) is 4.74. The maximum atomic E-state index is 12.3. The van der Waals surface area contributed by atoms with Crippen LogP contribution in [0.15, 0.2) is 36.4 Å². The Bertz CT molecular complexity index is 651. The predicted molar refractivity (Wildman–Crippen MR) is 82.2 cm³/mol. The Morgan fingerprint density at radius 1 is 1.20 bits per heavy atom. The van der Waals surface area contributed by atoms with Crippen LogP contribution >= 0.6 is 23.2 Å². The first-order valence-corrected chi connectivity index (χ1v) is 6.89. The molecular formula is C16H14Cl2O2. The van der Waals surface area contributed by atoms with Gasteiger partial charge in [0.1, 0.15) is 5.75 Å². The largest absolute Gasteiger partial charge is 0.496 e. The van der Waals surface area contributed by atoms with E-state index in [1.54, 1.807) is 31.4 Å². The highest BCUT2D eigenvalue weighted by molar-refractivity contribution is 6.42. The number of methoxy groups -OCH3 is 1. The number of hydrogen-bond acceptors (Lipinski definition) is 2. The SMILES string of the molecule is COc1ccc(C(=O)Cc2cccc(Cl)c2Cl)cc1C. The van der Waals surface area contributed by atoms with E-state index in [4.69, 9.17) is 27.9 Å². The van der Waals surface area contributed by atoms with E-state index in [-0.39, 0.29) is 12.2 Å². The Kier molecular flexibility index (Phi) is 4.69. The molecule has 4 heteroatoms. The molecular weight excluding hydrogens is 295 g/mol. The normalized spacial score (nSPS) is 10.4. The van der Waals surface area contributed by atoms with E-state index in [1.807, 2.05) is 19.1 Å². The van der Waals surface area contributed by atoms with Gasteiger partial charge in [0.2, 0.25) is 0 Å². The summed E-state index contributed by atoms with van der Waals surface area (Å²) in [5.74, 6) is 0.766. The molecule has 0 aliphatic carbocycles. The molecule has 0 saturated carbocycles. The van der Waals surface area contributed by atoms with Gasteiger partial charge in [0.05, 0.1) is 17.2 Å². The van der Waals surface area contributed by atoms with Crippen molar-refractivity contribution in [2.45, 2.75) is 13.3 Å². The van der Waals surface area contributed by atoms with Gasteiger partial charge >= 0.3 is 0 Å². The van der Waals surface area contributed by atoms with E-state index >= 15 is 0 Å². The fourth-order valence-electron chi connectivity index (χ4n) is 2.01. The molecule has 20 heavy (non-hydrogen) atoms. The molecule has 0 radical (unpaired) electrons. The number of carbonyl (C=O) groups excluding carboxylic acids is 1. The monoisotopic (exact) mass is 308 g/mol. The van der Waals surface area contributed by atoms with Crippen molar-refractivity contribution >= 4 is 29.0 Å². The summed E-state index contributed by atoms with van der Waals surface area (Å²) in [6, 6.07) is 10.7. The number of Topliss-reactive ketones (excluding diaryl/α,β-unsaturated/α-hetero) is 1. The minimum absolute atomic E-state index is 0.0000743. The number of aryl methyl sites for hydroxylation is 1. The number of hydrogen-bond donors (Lipinski definition) is 0. The standard InChI is InChI=1S/C16H14Cl2O2/c1-10-8-11(6-7-15(10)20-2)14(19)9-12-4-3-5-13(17)16(12)18/h3-8H,9H2,1-2H3. The smallest absolute Gasteiger partial charge is 0.167 e. The third-order valence-electron chi connectivity index (χ3n) is 3.10. The van der Waals surface area contributed by atoms with Crippen molar-refractivity contribution in [3.05, 3.63) is 63.1 Å². The molecule has 0 unspecified atom stereocenters. The van der Waals surface area contributed by atoms with Crippen molar-refractivity contribution in [3.8, 4) is 5.75 Å². The minimum Gasteiger partial charge on any atom is -0.496 e. The molecule has 104 valence electrons. The van der Waals surface area contributed by atoms with Gasteiger partial charge in [0.25, 0.3) is 0 Å². The summed E-state index contributed by atoms with van der Waals surface area (Å²) in [4.78, 5) is 12.3. The van der Waals surface area contributed by atoms with Crippen molar-refractivity contribution in [1.29, 1.82) is 0 Å². The Labute approximate surface area is 128 Å². The van der Waals surface area contributed by atoms with Crippen molar-refractivity contribution in [3.63, 3.8) is 0 Å². The number of ketones is 1. The summed E-state index contributed by atoms with van der Waals surface area (Å²) < 4.78 is 5.18. The third-order valence-corrected chi connectivity index (χ3v) is 3.96. The summed E-state index contributed by atoms with van der Waals surface area (Å²) in [5, 5.41) is 0.899. The molecule has 0 aliphatic heterocycles. The molecule has 2 aromatic rings. The van der Waals surface area contributed by atoms with Crippen LogP contribution in [-0.2, 0) is 6.42 Å². The molecule has 2 aromatic carbocycles. The summed E-state index contributed by atoms with van der Waals surface area (Å²) in [7, 11) is 1.61. The van der Waals surface area contributed by atoms with Gasteiger partial charge in [-0.2, -0.15) is 0 Å². The molecule has 0 heterocycles. The highest BCUT2D eigenvalue weighted by Gasteiger charge is 2.12. The average molecular weight is 309 g/mol. The lowest BCUT2D eigenvalue weighted by molar-refractivity contribution is 0.0993. The van der Waals surface area contributed by atoms with Gasteiger partial charge in [-0.1, -0.05) is 35.3 Å². The van der Waals surface area contributed by atoms with Crippen LogP contribution in [0.3, 0.4) is 0 Å². The zero-order valence-corrected chi connectivity index (χ0v) is 12.8. The second-order valence-corrected chi connectivity index (χ2v) is 5.28. The summed E-state index contributed by atoms with van der Waals surface area (Å²) >= 11 is 12.0. The fourth-order valence-corrected chi connectivity index (χ4v) is 2.40. The average Bonchev–Trinajstić information content (AvgIpc) is 2.43. The fraction of sp³-hybridized carbons (Fsp3) is 0.188. The van der Waals surface area contributed by atoms with Crippen LogP contribution in [0.4, 0.5) is 0 Å². The molecule has 0 spiro atoms. The van der Waals surface area contributed by atoms with Gasteiger partial charge in [0, 0.05) is 12.0 Å². The minimum atomic E-state index is -0.0000743. The zero-order valence-electron chi connectivity index (χ0n) is 11.2. The van der Waals surface area contributed by atoms with Gasteiger partial charge in [-0.15, -0.1) is 0 Å². The van der Waals surface area contributed by atoms with Crippen molar-refractivity contribution in [2.24, 2.45) is 0 Å². The molecule has 2 nitrogen and oxygen atoms in total. The highest BCUT2D eigenvalue weighted by Crippen LogP contribution is 2.27. The van der Waals surface area contributed by atoms with E-state index in [2.05, 4.69) is 0 Å². The number of benzene rings is 2. The number of ether oxygens (including phenoxy) is 1. The Morgan fingerprint density at radius 2 is 1.95 bits per heavy atom. The Hall–Kier alpha value is -1.51. The van der Waals surface area contributed by atoms with Crippen molar-refractivity contribution in [2.75, 3.05) is 7.11 Å². The molecule has 0 fully saturated rings. The molecule has 2 rings (SSSR count). The molecule has 0 amide bonds. The van der Waals surface area contributed by atoms with E-state index in [9.17, 15) is 4.79 Å². The van der Waals surface area contributed by atoms with Crippen LogP contribution in [0.5, 0.6) is 5.75 Å². The van der Waals surface area contributed by atoms with Crippen molar-refractivity contribution in [1.82, 2.24) is 0 Å². The van der Waals surface area contributed by atoms with E-state index in [0.717, 1.165) is 16.9 Å².